The second-order valence-electron chi connectivity index (χ2n) is 4.73. The number of aromatic nitrogens is 1. The van der Waals surface area contributed by atoms with Crippen LogP contribution in [-0.4, -0.2) is 32.0 Å². The van der Waals surface area contributed by atoms with Crippen molar-refractivity contribution in [2.24, 2.45) is 0 Å². The van der Waals surface area contributed by atoms with Crippen LogP contribution in [0.2, 0.25) is 5.02 Å². The number of nitrogens with one attached hydrogen (secondary N) is 2. The van der Waals surface area contributed by atoms with Gasteiger partial charge in [-0.15, -0.1) is 0 Å². The van der Waals surface area contributed by atoms with Gasteiger partial charge in [0.05, 0.1) is 5.02 Å². The van der Waals surface area contributed by atoms with Crippen molar-refractivity contribution in [1.29, 1.82) is 0 Å². The molecule has 2 heterocycles. The van der Waals surface area contributed by atoms with E-state index in [1.54, 1.807) is 0 Å². The highest BCUT2D eigenvalue weighted by atomic mass is 35.5. The first kappa shape index (κ1) is 14.5. The molecule has 4 N–H and O–H groups in total. The number of anilines is 1. The van der Waals surface area contributed by atoms with E-state index in [0.29, 0.717) is 0 Å². The zero-order valence-electron chi connectivity index (χ0n) is 10.6. The lowest BCUT2D eigenvalue weighted by Crippen LogP contribution is -2.46. The van der Waals surface area contributed by atoms with Crippen molar-refractivity contribution in [2.75, 3.05) is 12.3 Å². The Morgan fingerprint density at radius 2 is 2.32 bits per heavy atom. The number of piperidine rings is 1. The highest BCUT2D eigenvalue weighted by Gasteiger charge is 2.26. The number of hydrogen-bond acceptors (Lipinski definition) is 5. The molecule has 2 unspecified atom stereocenters. The first-order valence-corrected chi connectivity index (χ1v) is 7.91. The SMILES string of the molecule is CC1CC(NS(=O)(=O)c2cc(Cl)cnc2N)CCN1. The molecule has 0 spiro atoms. The summed E-state index contributed by atoms with van der Waals surface area (Å²) >= 11 is 5.77. The second kappa shape index (κ2) is 5.62. The van der Waals surface area contributed by atoms with E-state index < -0.39 is 10.0 Å². The van der Waals surface area contributed by atoms with E-state index >= 15 is 0 Å². The number of rotatable bonds is 3. The third-order valence-corrected chi connectivity index (χ3v) is 4.84. The minimum atomic E-state index is -3.69. The number of nitrogens with two attached hydrogens (primary N) is 1. The van der Waals surface area contributed by atoms with Crippen molar-refractivity contribution < 1.29 is 8.42 Å². The number of pyridine rings is 1. The smallest absolute Gasteiger partial charge is 0.244 e. The Labute approximate surface area is 117 Å². The van der Waals surface area contributed by atoms with Gasteiger partial charge in [0, 0.05) is 18.3 Å². The van der Waals surface area contributed by atoms with Gasteiger partial charge in [0.2, 0.25) is 10.0 Å². The lowest BCUT2D eigenvalue weighted by Gasteiger charge is -2.28. The van der Waals surface area contributed by atoms with Crippen LogP contribution in [0, 0.1) is 0 Å². The van der Waals surface area contributed by atoms with Crippen molar-refractivity contribution in [3.63, 3.8) is 0 Å². The van der Waals surface area contributed by atoms with Gasteiger partial charge in [0.1, 0.15) is 10.7 Å². The van der Waals surface area contributed by atoms with E-state index in [-0.39, 0.29) is 27.8 Å². The largest absolute Gasteiger partial charge is 0.383 e. The van der Waals surface area contributed by atoms with E-state index in [0.717, 1.165) is 19.4 Å². The van der Waals surface area contributed by atoms with Crippen molar-refractivity contribution in [1.82, 2.24) is 15.0 Å². The van der Waals surface area contributed by atoms with Gasteiger partial charge in [-0.05, 0) is 32.4 Å². The molecule has 2 atom stereocenters. The Balaban J connectivity index is 2.20. The van der Waals surface area contributed by atoms with E-state index in [2.05, 4.69) is 15.0 Å². The van der Waals surface area contributed by atoms with Crippen LogP contribution in [0.5, 0.6) is 0 Å². The molecular weight excluding hydrogens is 288 g/mol. The maximum absolute atomic E-state index is 12.3. The average Bonchev–Trinajstić information content (AvgIpc) is 2.31. The summed E-state index contributed by atoms with van der Waals surface area (Å²) in [6, 6.07) is 1.51. The van der Waals surface area contributed by atoms with Crippen LogP contribution in [0.4, 0.5) is 5.82 Å². The normalized spacial score (nSPS) is 24.3. The molecule has 0 saturated carbocycles. The van der Waals surface area contributed by atoms with Gasteiger partial charge in [-0.2, -0.15) is 0 Å². The Bertz CT molecular complexity index is 564. The zero-order chi connectivity index (χ0) is 14.0. The fourth-order valence-corrected chi connectivity index (χ4v) is 3.78. The summed E-state index contributed by atoms with van der Waals surface area (Å²) in [7, 11) is -3.69. The maximum Gasteiger partial charge on any atom is 0.244 e. The van der Waals surface area contributed by atoms with Gasteiger partial charge in [-0.25, -0.2) is 18.1 Å². The molecule has 6 nitrogen and oxygen atoms in total. The maximum atomic E-state index is 12.3. The molecule has 0 aliphatic carbocycles. The van der Waals surface area contributed by atoms with E-state index in [4.69, 9.17) is 17.3 Å². The third kappa shape index (κ3) is 3.56. The first-order valence-electron chi connectivity index (χ1n) is 6.05. The van der Waals surface area contributed by atoms with Crippen LogP contribution >= 0.6 is 11.6 Å². The predicted molar refractivity (Wildman–Crippen MR) is 74.5 cm³/mol. The minimum absolute atomic E-state index is 0.0427. The molecule has 1 aliphatic rings. The molecule has 2 rings (SSSR count). The summed E-state index contributed by atoms with van der Waals surface area (Å²) < 4.78 is 27.2. The van der Waals surface area contributed by atoms with Crippen LogP contribution in [0.3, 0.4) is 0 Å². The minimum Gasteiger partial charge on any atom is -0.383 e. The topological polar surface area (TPSA) is 97.1 Å². The van der Waals surface area contributed by atoms with Crippen LogP contribution in [-0.2, 0) is 10.0 Å². The van der Waals surface area contributed by atoms with Crippen molar-refractivity contribution in [2.45, 2.75) is 36.7 Å². The van der Waals surface area contributed by atoms with Gasteiger partial charge in [-0.1, -0.05) is 11.6 Å². The highest BCUT2D eigenvalue weighted by molar-refractivity contribution is 7.89. The molecule has 0 radical (unpaired) electrons. The standard InChI is InChI=1S/C11H17ClN4O2S/c1-7-4-9(2-3-14-7)16-19(17,18)10-5-8(12)6-15-11(10)13/h5-7,9,14,16H,2-4H2,1H3,(H2,13,15). The number of hydrogen-bond donors (Lipinski definition) is 3. The van der Waals surface area contributed by atoms with Crippen LogP contribution in [0.15, 0.2) is 17.2 Å². The van der Waals surface area contributed by atoms with Gasteiger partial charge in [0.25, 0.3) is 0 Å². The molecule has 1 aromatic heterocycles. The summed E-state index contributed by atoms with van der Waals surface area (Å²) in [5, 5.41) is 3.51. The quantitative estimate of drug-likeness (QED) is 0.765. The third-order valence-electron chi connectivity index (χ3n) is 3.08. The van der Waals surface area contributed by atoms with E-state index in [1.165, 1.54) is 12.3 Å². The van der Waals surface area contributed by atoms with Crippen LogP contribution in [0.1, 0.15) is 19.8 Å². The molecule has 1 fully saturated rings. The molecule has 0 aromatic carbocycles. The Hall–Kier alpha value is -0.890. The van der Waals surface area contributed by atoms with Crippen LogP contribution < -0.4 is 15.8 Å². The van der Waals surface area contributed by atoms with Gasteiger partial charge in [-0.3, -0.25) is 0 Å². The Kier molecular flexibility index (Phi) is 4.29. The van der Waals surface area contributed by atoms with E-state index in [9.17, 15) is 8.42 Å². The van der Waals surface area contributed by atoms with Crippen molar-refractivity contribution in [3.05, 3.63) is 17.3 Å². The predicted octanol–water partition coefficient (Wildman–Crippen LogP) is 0.736. The summed E-state index contributed by atoms with van der Waals surface area (Å²) in [6.07, 6.45) is 2.81. The number of nitrogen functional groups attached to an aromatic ring is 1. The molecule has 0 bridgehead atoms. The molecule has 1 aliphatic heterocycles. The van der Waals surface area contributed by atoms with Gasteiger partial charge in [0.15, 0.2) is 0 Å². The molecular formula is C11H17ClN4O2S. The fourth-order valence-electron chi connectivity index (χ4n) is 2.17. The number of nitrogens with zero attached hydrogens (tertiary/aromatic N) is 1. The first-order chi connectivity index (χ1) is 8.88. The molecule has 1 aromatic rings. The lowest BCUT2D eigenvalue weighted by molar-refractivity contribution is 0.361. The molecule has 1 saturated heterocycles. The van der Waals surface area contributed by atoms with E-state index in [1.807, 2.05) is 6.92 Å². The summed E-state index contributed by atoms with van der Waals surface area (Å²) in [5.41, 5.74) is 5.61. The number of halogens is 1. The monoisotopic (exact) mass is 304 g/mol. The Morgan fingerprint density at radius 1 is 1.58 bits per heavy atom. The lowest BCUT2D eigenvalue weighted by atomic mass is 10.0. The highest BCUT2D eigenvalue weighted by Crippen LogP contribution is 2.21. The molecule has 19 heavy (non-hydrogen) atoms. The molecule has 0 amide bonds. The Morgan fingerprint density at radius 3 is 3.00 bits per heavy atom. The number of sulfonamides is 1. The average molecular weight is 305 g/mol. The van der Waals surface area contributed by atoms with Crippen molar-refractivity contribution >= 4 is 27.4 Å². The molecule has 106 valence electrons. The summed E-state index contributed by atoms with van der Waals surface area (Å²) in [5.74, 6) is -0.0427. The summed E-state index contributed by atoms with van der Waals surface area (Å²) in [4.78, 5) is 3.70. The van der Waals surface area contributed by atoms with Crippen molar-refractivity contribution in [3.8, 4) is 0 Å². The molecule has 8 heteroatoms. The van der Waals surface area contributed by atoms with Gasteiger partial charge >= 0.3 is 0 Å². The fraction of sp³-hybridized carbons (Fsp3) is 0.545. The summed E-state index contributed by atoms with van der Waals surface area (Å²) in [6.45, 7) is 2.81. The van der Waals surface area contributed by atoms with Crippen LogP contribution in [0.25, 0.3) is 0 Å². The second-order valence-corrected chi connectivity index (χ2v) is 6.85. The van der Waals surface area contributed by atoms with Gasteiger partial charge < -0.3 is 11.1 Å². The zero-order valence-corrected chi connectivity index (χ0v) is 12.1.